The van der Waals surface area contributed by atoms with Crippen molar-refractivity contribution in [1.29, 1.82) is 0 Å². The van der Waals surface area contributed by atoms with E-state index in [-0.39, 0.29) is 27.6 Å². The molecule has 2 saturated carbocycles. The molecule has 3 N–H and O–H groups in total. The zero-order valence-electron chi connectivity index (χ0n) is 20.3. The number of hydrogen-bond acceptors (Lipinski definition) is 5. The van der Waals surface area contributed by atoms with Crippen molar-refractivity contribution in [3.8, 4) is 0 Å². The standard InChI is InChI=1S/C26H24ClF3N6O2/c1-14(26(28,29)30)12-19(36(2)22-17(27)4-3-11-31-22)23(37)33-18-8-5-15-13-32-35-21(15)20(18)24(38)34-25(9-10-25)16-6-7-16/h3-5,8,11-13,16H,1,6-7,9-10H2,2H3,(H,32,35)(H,33,37)(H,34,38)/b19-12-. The molecule has 5 rings (SSSR count). The predicted octanol–water partition coefficient (Wildman–Crippen LogP) is 5.36. The van der Waals surface area contributed by atoms with E-state index in [2.05, 4.69) is 32.4 Å². The van der Waals surface area contributed by atoms with Crippen molar-refractivity contribution in [2.24, 2.45) is 5.92 Å². The fourth-order valence-corrected chi connectivity index (χ4v) is 4.78. The van der Waals surface area contributed by atoms with Crippen molar-refractivity contribution in [2.75, 3.05) is 17.3 Å². The summed E-state index contributed by atoms with van der Waals surface area (Å²) in [6.45, 7) is 3.06. The maximum absolute atomic E-state index is 13.5. The summed E-state index contributed by atoms with van der Waals surface area (Å²) in [5.74, 6) is -0.820. The minimum absolute atomic E-state index is 0.0626. The number of benzene rings is 1. The van der Waals surface area contributed by atoms with Gasteiger partial charge < -0.3 is 15.5 Å². The fourth-order valence-electron chi connectivity index (χ4n) is 4.53. The zero-order chi connectivity index (χ0) is 27.2. The molecule has 2 amide bonds. The normalized spacial score (nSPS) is 16.7. The number of anilines is 2. The first-order valence-corrected chi connectivity index (χ1v) is 12.3. The second-order valence-electron chi connectivity index (χ2n) is 9.58. The summed E-state index contributed by atoms with van der Waals surface area (Å²) in [6.07, 6.45) is 2.64. The molecular formula is C26H24ClF3N6O2. The number of likely N-dealkylation sites (N-methyl/N-ethyl adjacent to an activating group) is 1. The van der Waals surface area contributed by atoms with Crippen LogP contribution in [-0.4, -0.2) is 45.8 Å². The van der Waals surface area contributed by atoms with Gasteiger partial charge in [-0.3, -0.25) is 14.7 Å². The van der Waals surface area contributed by atoms with Gasteiger partial charge in [0.05, 0.1) is 33.6 Å². The molecule has 0 radical (unpaired) electrons. The lowest BCUT2D eigenvalue weighted by molar-refractivity contribution is -0.112. The van der Waals surface area contributed by atoms with E-state index in [1.165, 1.54) is 25.4 Å². The van der Waals surface area contributed by atoms with Gasteiger partial charge in [-0.15, -0.1) is 0 Å². The Labute approximate surface area is 220 Å². The average Bonchev–Trinajstić information content (AvgIpc) is 3.79. The number of halogens is 4. The van der Waals surface area contributed by atoms with Crippen LogP contribution >= 0.6 is 11.6 Å². The number of pyridine rings is 1. The quantitative estimate of drug-likeness (QED) is 0.262. The third-order valence-electron chi connectivity index (χ3n) is 6.93. The lowest BCUT2D eigenvalue weighted by Gasteiger charge is -2.24. The Morgan fingerprint density at radius 1 is 1.26 bits per heavy atom. The van der Waals surface area contributed by atoms with Crippen LogP contribution < -0.4 is 15.5 Å². The third kappa shape index (κ3) is 4.98. The summed E-state index contributed by atoms with van der Waals surface area (Å²) in [6, 6.07) is 6.22. The molecule has 12 heteroatoms. The van der Waals surface area contributed by atoms with Gasteiger partial charge in [-0.25, -0.2) is 4.98 Å². The smallest absolute Gasteiger partial charge is 0.346 e. The minimum Gasteiger partial charge on any atom is -0.346 e. The van der Waals surface area contributed by atoms with Gasteiger partial charge in [0.1, 0.15) is 5.70 Å². The van der Waals surface area contributed by atoms with Crippen molar-refractivity contribution >= 4 is 45.8 Å². The summed E-state index contributed by atoms with van der Waals surface area (Å²) in [5.41, 5.74) is -1.26. The van der Waals surface area contributed by atoms with Crippen LogP contribution in [0.25, 0.3) is 10.9 Å². The van der Waals surface area contributed by atoms with Crippen molar-refractivity contribution in [3.63, 3.8) is 0 Å². The Morgan fingerprint density at radius 3 is 2.63 bits per heavy atom. The topological polar surface area (TPSA) is 103 Å². The number of aromatic amines is 1. The minimum atomic E-state index is -4.78. The molecule has 8 nitrogen and oxygen atoms in total. The Hall–Kier alpha value is -3.86. The van der Waals surface area contributed by atoms with Crippen molar-refractivity contribution in [2.45, 2.75) is 37.4 Å². The highest BCUT2D eigenvalue weighted by atomic mass is 35.5. The molecule has 0 atom stereocenters. The number of aromatic nitrogens is 3. The van der Waals surface area contributed by atoms with E-state index in [9.17, 15) is 22.8 Å². The first kappa shape index (κ1) is 25.8. The number of rotatable bonds is 8. The Balaban J connectivity index is 1.51. The predicted molar refractivity (Wildman–Crippen MR) is 138 cm³/mol. The van der Waals surface area contributed by atoms with Gasteiger partial charge in [0.25, 0.3) is 11.8 Å². The molecule has 38 heavy (non-hydrogen) atoms. The van der Waals surface area contributed by atoms with E-state index >= 15 is 0 Å². The van der Waals surface area contributed by atoms with Gasteiger partial charge >= 0.3 is 6.18 Å². The van der Waals surface area contributed by atoms with E-state index in [0.717, 1.165) is 30.6 Å². The van der Waals surface area contributed by atoms with Gasteiger partial charge in [-0.1, -0.05) is 18.2 Å². The summed E-state index contributed by atoms with van der Waals surface area (Å²) < 4.78 is 40.2. The molecule has 0 saturated heterocycles. The molecule has 0 aliphatic heterocycles. The maximum atomic E-state index is 13.5. The number of allylic oxidation sites excluding steroid dienone is 2. The molecule has 2 fully saturated rings. The number of hydrogen-bond donors (Lipinski definition) is 3. The van der Waals surface area contributed by atoms with E-state index in [0.29, 0.717) is 22.9 Å². The van der Waals surface area contributed by atoms with Crippen molar-refractivity contribution in [3.05, 3.63) is 71.2 Å². The van der Waals surface area contributed by atoms with Crippen LogP contribution in [0.2, 0.25) is 5.02 Å². The number of carbonyl (C=O) groups is 2. The Kier molecular flexibility index (Phi) is 6.42. The second-order valence-corrected chi connectivity index (χ2v) is 9.99. The molecule has 1 aromatic carbocycles. The molecule has 0 bridgehead atoms. The number of nitrogens with one attached hydrogen (secondary N) is 3. The molecule has 0 unspecified atom stereocenters. The van der Waals surface area contributed by atoms with E-state index < -0.39 is 29.3 Å². The highest BCUT2D eigenvalue weighted by Crippen LogP contribution is 2.54. The van der Waals surface area contributed by atoms with Gasteiger partial charge in [0.15, 0.2) is 5.82 Å². The van der Waals surface area contributed by atoms with Crippen molar-refractivity contribution in [1.82, 2.24) is 20.5 Å². The molecule has 2 aromatic heterocycles. The number of H-pyrrole nitrogens is 1. The monoisotopic (exact) mass is 544 g/mol. The van der Waals surface area contributed by atoms with E-state index in [1.54, 1.807) is 18.3 Å². The van der Waals surface area contributed by atoms with Crippen LogP contribution in [0.5, 0.6) is 0 Å². The lowest BCUT2D eigenvalue weighted by Crippen LogP contribution is -2.39. The SMILES string of the molecule is C=C(/C=C(/C(=O)Nc1ccc2cn[nH]c2c1C(=O)NC1(C2CC2)CC1)N(C)c1ncccc1Cl)C(F)(F)F. The van der Waals surface area contributed by atoms with Gasteiger partial charge in [0.2, 0.25) is 0 Å². The Bertz CT molecular complexity index is 1470. The van der Waals surface area contributed by atoms with E-state index in [4.69, 9.17) is 11.6 Å². The molecule has 0 spiro atoms. The number of amides is 2. The average molecular weight is 545 g/mol. The largest absolute Gasteiger partial charge is 0.415 e. The number of nitrogens with zero attached hydrogens (tertiary/aromatic N) is 3. The van der Waals surface area contributed by atoms with Crippen LogP contribution in [0, 0.1) is 5.92 Å². The number of carbonyl (C=O) groups excluding carboxylic acids is 2. The molecule has 2 aliphatic rings. The van der Waals surface area contributed by atoms with Gasteiger partial charge in [0, 0.05) is 24.2 Å². The highest BCUT2D eigenvalue weighted by Gasteiger charge is 2.55. The second kappa shape index (κ2) is 9.46. The van der Waals surface area contributed by atoms with Crippen LogP contribution in [0.15, 0.2) is 60.6 Å². The zero-order valence-corrected chi connectivity index (χ0v) is 21.1. The van der Waals surface area contributed by atoms with Crippen LogP contribution in [0.3, 0.4) is 0 Å². The summed E-state index contributed by atoms with van der Waals surface area (Å²) >= 11 is 6.20. The van der Waals surface area contributed by atoms with Crippen LogP contribution in [-0.2, 0) is 4.79 Å². The third-order valence-corrected chi connectivity index (χ3v) is 7.22. The number of alkyl halides is 3. The molecular weight excluding hydrogens is 521 g/mol. The summed E-state index contributed by atoms with van der Waals surface area (Å²) in [7, 11) is 1.36. The summed E-state index contributed by atoms with van der Waals surface area (Å²) in [5, 5.41) is 13.3. The molecule has 198 valence electrons. The first-order valence-electron chi connectivity index (χ1n) is 11.9. The molecule has 2 heterocycles. The van der Waals surface area contributed by atoms with Crippen molar-refractivity contribution < 1.29 is 22.8 Å². The van der Waals surface area contributed by atoms with Gasteiger partial charge in [-0.05, 0) is 61.9 Å². The maximum Gasteiger partial charge on any atom is 0.415 e. The number of fused-ring (bicyclic) bond motifs is 1. The first-order chi connectivity index (χ1) is 18.0. The summed E-state index contributed by atoms with van der Waals surface area (Å²) in [4.78, 5) is 32.2. The van der Waals surface area contributed by atoms with E-state index in [1.807, 2.05) is 0 Å². The van der Waals surface area contributed by atoms with Crippen LogP contribution in [0.4, 0.5) is 24.7 Å². The highest BCUT2D eigenvalue weighted by molar-refractivity contribution is 6.33. The van der Waals surface area contributed by atoms with Gasteiger partial charge in [-0.2, -0.15) is 18.3 Å². The molecule has 2 aliphatic carbocycles. The van der Waals surface area contributed by atoms with Crippen LogP contribution in [0.1, 0.15) is 36.0 Å². The lowest BCUT2D eigenvalue weighted by atomic mass is 10.1. The molecule has 3 aromatic rings. The Morgan fingerprint density at radius 2 is 2.00 bits per heavy atom. The fraction of sp³-hybridized carbons (Fsp3) is 0.308.